The van der Waals surface area contributed by atoms with Gasteiger partial charge in [0.2, 0.25) is 0 Å². The number of anilines is 1. The molecule has 0 amide bonds. The number of hydrogen-bond donors (Lipinski definition) is 2. The molecule has 0 aliphatic rings. The fourth-order valence-corrected chi connectivity index (χ4v) is 1.41. The minimum Gasteiger partial charge on any atom is -0.397 e. The van der Waals surface area contributed by atoms with Crippen molar-refractivity contribution >= 4 is 28.9 Å². The molecule has 0 aromatic heterocycles. The molecule has 0 unspecified atom stereocenters. The molecule has 3 N–H and O–H groups in total. The third-order valence-corrected chi connectivity index (χ3v) is 2.11. The summed E-state index contributed by atoms with van der Waals surface area (Å²) in [5.74, 6) is 5.78. The average molecular weight is 229 g/mol. The Morgan fingerprint density at radius 1 is 1.43 bits per heavy atom. The lowest BCUT2D eigenvalue weighted by Crippen LogP contribution is -2.04. The number of hydrogen-bond acceptors (Lipinski definition) is 2. The van der Waals surface area contributed by atoms with E-state index in [0.717, 1.165) is 0 Å². The van der Waals surface area contributed by atoms with Crippen molar-refractivity contribution in [2.24, 2.45) is 0 Å². The predicted molar refractivity (Wildman–Crippen MR) is 61.7 cm³/mol. The summed E-state index contributed by atoms with van der Waals surface area (Å²) in [5, 5.41) is 3.88. The Labute approximate surface area is 93.4 Å². The molecule has 0 heterocycles. The molecule has 2 nitrogen and oxygen atoms in total. The van der Waals surface area contributed by atoms with Crippen LogP contribution in [0.1, 0.15) is 5.56 Å². The maximum absolute atomic E-state index is 5.84. The van der Waals surface area contributed by atoms with Crippen molar-refractivity contribution < 1.29 is 0 Å². The van der Waals surface area contributed by atoms with Crippen molar-refractivity contribution in [3.05, 3.63) is 27.7 Å². The topological polar surface area (TPSA) is 38.0 Å². The summed E-state index contributed by atoms with van der Waals surface area (Å²) >= 11 is 11.7. The SMILES string of the molecule is CNCC#Cc1cc(Cl)cc(Cl)c1N. The molecule has 0 aliphatic heterocycles. The highest BCUT2D eigenvalue weighted by Gasteiger charge is 2.02. The first kappa shape index (κ1) is 11.2. The van der Waals surface area contributed by atoms with Crippen LogP contribution in [0.2, 0.25) is 10.0 Å². The number of halogens is 2. The zero-order chi connectivity index (χ0) is 10.6. The van der Waals surface area contributed by atoms with Gasteiger partial charge in [0.15, 0.2) is 0 Å². The lowest BCUT2D eigenvalue weighted by molar-refractivity contribution is 0.938. The van der Waals surface area contributed by atoms with Crippen LogP contribution in [0.25, 0.3) is 0 Å². The summed E-state index contributed by atoms with van der Waals surface area (Å²) in [6, 6.07) is 3.30. The summed E-state index contributed by atoms with van der Waals surface area (Å²) in [4.78, 5) is 0. The van der Waals surface area contributed by atoms with Crippen molar-refractivity contribution in [2.75, 3.05) is 19.3 Å². The van der Waals surface area contributed by atoms with Crippen LogP contribution in [-0.4, -0.2) is 13.6 Å². The fourth-order valence-electron chi connectivity index (χ4n) is 0.916. The van der Waals surface area contributed by atoms with Gasteiger partial charge < -0.3 is 11.1 Å². The van der Waals surface area contributed by atoms with Crippen molar-refractivity contribution in [2.45, 2.75) is 0 Å². The summed E-state index contributed by atoms with van der Waals surface area (Å²) in [7, 11) is 1.82. The van der Waals surface area contributed by atoms with E-state index in [4.69, 9.17) is 28.9 Å². The molecule has 0 bridgehead atoms. The van der Waals surface area contributed by atoms with E-state index in [1.165, 1.54) is 0 Å². The van der Waals surface area contributed by atoms with Crippen LogP contribution in [0.4, 0.5) is 5.69 Å². The second kappa shape index (κ2) is 5.11. The van der Waals surface area contributed by atoms with Gasteiger partial charge in [0.05, 0.1) is 22.8 Å². The average Bonchev–Trinajstić information content (AvgIpc) is 2.13. The Morgan fingerprint density at radius 3 is 2.79 bits per heavy atom. The van der Waals surface area contributed by atoms with Crippen LogP contribution in [-0.2, 0) is 0 Å². The van der Waals surface area contributed by atoms with Gasteiger partial charge in [-0.3, -0.25) is 0 Å². The lowest BCUT2D eigenvalue weighted by atomic mass is 10.2. The Balaban J connectivity index is 3.04. The smallest absolute Gasteiger partial charge is 0.0663 e. The normalized spacial score (nSPS) is 9.36. The zero-order valence-electron chi connectivity index (χ0n) is 7.70. The molecular formula is C10H10Cl2N2. The van der Waals surface area contributed by atoms with Crippen molar-refractivity contribution in [3.8, 4) is 11.8 Å². The van der Waals surface area contributed by atoms with Crippen molar-refractivity contribution in [1.82, 2.24) is 5.32 Å². The fraction of sp³-hybridized carbons (Fsp3) is 0.200. The molecule has 0 radical (unpaired) electrons. The standard InChI is InChI=1S/C10H10Cl2N2/c1-14-4-2-3-7-5-8(11)6-9(12)10(7)13/h5-6,14H,4,13H2,1H3. The number of nitrogens with two attached hydrogens (primary N) is 1. The molecule has 74 valence electrons. The Hall–Kier alpha value is -0.880. The number of rotatable bonds is 1. The van der Waals surface area contributed by atoms with E-state index >= 15 is 0 Å². The van der Waals surface area contributed by atoms with E-state index in [9.17, 15) is 0 Å². The van der Waals surface area contributed by atoms with Crippen LogP contribution < -0.4 is 11.1 Å². The third kappa shape index (κ3) is 2.81. The molecule has 0 spiro atoms. The van der Waals surface area contributed by atoms with Gasteiger partial charge in [-0.15, -0.1) is 0 Å². The maximum Gasteiger partial charge on any atom is 0.0663 e. The van der Waals surface area contributed by atoms with Crippen LogP contribution in [0.5, 0.6) is 0 Å². The molecule has 1 aromatic carbocycles. The molecule has 0 atom stereocenters. The molecule has 0 fully saturated rings. The summed E-state index contributed by atoms with van der Waals surface area (Å²) in [6.07, 6.45) is 0. The van der Waals surface area contributed by atoms with Gasteiger partial charge in [-0.05, 0) is 19.2 Å². The second-order valence-corrected chi connectivity index (χ2v) is 3.52. The largest absolute Gasteiger partial charge is 0.397 e. The van der Waals surface area contributed by atoms with Crippen LogP contribution in [0.15, 0.2) is 12.1 Å². The molecule has 4 heteroatoms. The Kier molecular flexibility index (Phi) is 4.09. The number of nitrogen functional groups attached to an aromatic ring is 1. The summed E-state index contributed by atoms with van der Waals surface area (Å²) in [6.45, 7) is 0.601. The minimum absolute atomic E-state index is 0.436. The van der Waals surface area contributed by atoms with Gasteiger partial charge in [0.1, 0.15) is 0 Å². The minimum atomic E-state index is 0.436. The van der Waals surface area contributed by atoms with Gasteiger partial charge >= 0.3 is 0 Å². The maximum atomic E-state index is 5.84. The number of nitrogens with one attached hydrogen (secondary N) is 1. The van der Waals surface area contributed by atoms with E-state index in [0.29, 0.717) is 27.8 Å². The van der Waals surface area contributed by atoms with Crippen molar-refractivity contribution in [1.29, 1.82) is 0 Å². The van der Waals surface area contributed by atoms with E-state index in [1.54, 1.807) is 12.1 Å². The van der Waals surface area contributed by atoms with Crippen LogP contribution in [0, 0.1) is 11.8 Å². The van der Waals surface area contributed by atoms with E-state index in [1.807, 2.05) is 7.05 Å². The van der Waals surface area contributed by atoms with Crippen LogP contribution in [0.3, 0.4) is 0 Å². The van der Waals surface area contributed by atoms with Crippen molar-refractivity contribution in [3.63, 3.8) is 0 Å². The molecule has 14 heavy (non-hydrogen) atoms. The Morgan fingerprint density at radius 2 is 2.14 bits per heavy atom. The van der Waals surface area contributed by atoms with Gasteiger partial charge in [-0.2, -0.15) is 0 Å². The predicted octanol–water partition coefficient (Wildman–Crippen LogP) is 2.15. The molecular weight excluding hydrogens is 219 g/mol. The monoisotopic (exact) mass is 228 g/mol. The van der Waals surface area contributed by atoms with Gasteiger partial charge in [-0.1, -0.05) is 35.0 Å². The van der Waals surface area contributed by atoms with E-state index in [2.05, 4.69) is 17.2 Å². The zero-order valence-corrected chi connectivity index (χ0v) is 9.21. The van der Waals surface area contributed by atoms with E-state index in [-0.39, 0.29) is 0 Å². The lowest BCUT2D eigenvalue weighted by Gasteiger charge is -2.01. The molecule has 0 saturated heterocycles. The highest BCUT2D eigenvalue weighted by molar-refractivity contribution is 6.36. The molecule has 1 rings (SSSR count). The highest BCUT2D eigenvalue weighted by atomic mass is 35.5. The highest BCUT2D eigenvalue weighted by Crippen LogP contribution is 2.26. The summed E-state index contributed by atoms with van der Waals surface area (Å²) < 4.78 is 0. The van der Waals surface area contributed by atoms with Crippen LogP contribution >= 0.6 is 23.2 Å². The van der Waals surface area contributed by atoms with Gasteiger partial charge in [0, 0.05) is 5.02 Å². The first-order valence-corrected chi connectivity index (χ1v) is 4.78. The molecule has 0 aliphatic carbocycles. The number of benzene rings is 1. The quantitative estimate of drug-likeness (QED) is 0.572. The molecule has 0 saturated carbocycles. The van der Waals surface area contributed by atoms with Gasteiger partial charge in [0.25, 0.3) is 0 Å². The first-order chi connectivity index (χ1) is 6.65. The molecule has 1 aromatic rings. The Bertz CT molecular complexity index is 391. The summed E-state index contributed by atoms with van der Waals surface area (Å²) in [5.41, 5.74) is 6.86. The third-order valence-electron chi connectivity index (χ3n) is 1.58. The second-order valence-electron chi connectivity index (χ2n) is 2.68. The van der Waals surface area contributed by atoms with Gasteiger partial charge in [-0.25, -0.2) is 0 Å². The first-order valence-electron chi connectivity index (χ1n) is 4.03. The van der Waals surface area contributed by atoms with E-state index < -0.39 is 0 Å².